The Kier molecular flexibility index (Phi) is 1.92. The largest absolute Gasteiger partial charge is 0.456 e. The maximum atomic E-state index is 6.20. The molecule has 0 aliphatic rings. The smallest absolute Gasteiger partial charge is 0.147 e. The van der Waals surface area contributed by atoms with Gasteiger partial charge in [0.1, 0.15) is 22.3 Å². The SMILES string of the molecule is Cc1cccc2c1oc1c2ccc2oc3ccccc3c21. The summed E-state index contributed by atoms with van der Waals surface area (Å²) in [7, 11) is 0. The summed E-state index contributed by atoms with van der Waals surface area (Å²) < 4.78 is 12.1. The van der Waals surface area contributed by atoms with Gasteiger partial charge in [-0.15, -0.1) is 0 Å². The topological polar surface area (TPSA) is 26.3 Å². The monoisotopic (exact) mass is 272 g/mol. The molecule has 2 heterocycles. The molecule has 2 nitrogen and oxygen atoms in total. The maximum Gasteiger partial charge on any atom is 0.147 e. The molecule has 0 aliphatic heterocycles. The van der Waals surface area contributed by atoms with Gasteiger partial charge in [0, 0.05) is 16.2 Å². The van der Waals surface area contributed by atoms with E-state index in [1.54, 1.807) is 0 Å². The molecule has 5 rings (SSSR count). The Balaban J connectivity index is 2.13. The van der Waals surface area contributed by atoms with Crippen LogP contribution in [0, 0.1) is 6.92 Å². The summed E-state index contributed by atoms with van der Waals surface area (Å²) in [4.78, 5) is 0. The predicted octanol–water partition coefficient (Wildman–Crippen LogP) is 5.79. The van der Waals surface area contributed by atoms with E-state index in [0.717, 1.165) is 49.4 Å². The molecule has 0 N–H and O–H groups in total. The third-order valence-electron chi connectivity index (χ3n) is 4.20. The zero-order valence-electron chi connectivity index (χ0n) is 11.5. The third kappa shape index (κ3) is 1.32. The van der Waals surface area contributed by atoms with Crippen molar-refractivity contribution in [1.82, 2.24) is 0 Å². The molecule has 100 valence electrons. The van der Waals surface area contributed by atoms with Gasteiger partial charge in [-0.1, -0.05) is 36.4 Å². The molecule has 3 aromatic carbocycles. The molecule has 0 amide bonds. The maximum absolute atomic E-state index is 6.20. The van der Waals surface area contributed by atoms with Gasteiger partial charge in [-0.05, 0) is 30.7 Å². The molecule has 0 spiro atoms. The van der Waals surface area contributed by atoms with Crippen molar-refractivity contribution >= 4 is 43.9 Å². The molecule has 0 saturated carbocycles. The Bertz CT molecular complexity index is 1140. The first-order chi connectivity index (χ1) is 10.3. The first-order valence-electron chi connectivity index (χ1n) is 7.05. The minimum Gasteiger partial charge on any atom is -0.456 e. The zero-order valence-corrected chi connectivity index (χ0v) is 11.5. The van der Waals surface area contributed by atoms with Crippen molar-refractivity contribution in [2.75, 3.05) is 0 Å². The second-order valence-electron chi connectivity index (χ2n) is 5.47. The van der Waals surface area contributed by atoms with Crippen LogP contribution in [0.2, 0.25) is 0 Å². The fourth-order valence-corrected chi connectivity index (χ4v) is 3.21. The normalized spacial score (nSPS) is 12.0. The molecule has 0 radical (unpaired) electrons. The van der Waals surface area contributed by atoms with E-state index < -0.39 is 0 Å². The third-order valence-corrected chi connectivity index (χ3v) is 4.20. The van der Waals surface area contributed by atoms with Crippen molar-refractivity contribution < 1.29 is 8.83 Å². The highest BCUT2D eigenvalue weighted by Crippen LogP contribution is 2.39. The van der Waals surface area contributed by atoms with E-state index in [0.29, 0.717) is 0 Å². The summed E-state index contributed by atoms with van der Waals surface area (Å²) in [6, 6.07) is 18.5. The van der Waals surface area contributed by atoms with Gasteiger partial charge in [0.15, 0.2) is 0 Å². The molecule has 5 aromatic rings. The van der Waals surface area contributed by atoms with E-state index in [-0.39, 0.29) is 0 Å². The van der Waals surface area contributed by atoms with Crippen LogP contribution in [0.1, 0.15) is 5.56 Å². The van der Waals surface area contributed by atoms with Crippen LogP contribution in [-0.4, -0.2) is 0 Å². The fourth-order valence-electron chi connectivity index (χ4n) is 3.21. The molecule has 2 heteroatoms. The van der Waals surface area contributed by atoms with Gasteiger partial charge < -0.3 is 8.83 Å². The molecule has 0 saturated heterocycles. The summed E-state index contributed by atoms with van der Waals surface area (Å²) >= 11 is 0. The van der Waals surface area contributed by atoms with Gasteiger partial charge in [0.05, 0.1) is 5.39 Å². The average molecular weight is 272 g/mol. The van der Waals surface area contributed by atoms with Crippen molar-refractivity contribution in [3.63, 3.8) is 0 Å². The minimum absolute atomic E-state index is 0.875. The fraction of sp³-hybridized carbons (Fsp3) is 0.0526. The van der Waals surface area contributed by atoms with Crippen LogP contribution in [0.3, 0.4) is 0 Å². The van der Waals surface area contributed by atoms with Crippen LogP contribution in [0.15, 0.2) is 63.4 Å². The molecule has 0 unspecified atom stereocenters. The number of hydrogen-bond acceptors (Lipinski definition) is 2. The van der Waals surface area contributed by atoms with Gasteiger partial charge >= 0.3 is 0 Å². The lowest BCUT2D eigenvalue weighted by Gasteiger charge is -1.91. The Labute approximate surface area is 120 Å². The van der Waals surface area contributed by atoms with Gasteiger partial charge in [0.2, 0.25) is 0 Å². The van der Waals surface area contributed by atoms with Crippen molar-refractivity contribution in [3.05, 3.63) is 60.2 Å². The second-order valence-corrected chi connectivity index (χ2v) is 5.47. The van der Waals surface area contributed by atoms with Crippen LogP contribution in [0.4, 0.5) is 0 Å². The number of benzene rings is 3. The van der Waals surface area contributed by atoms with Gasteiger partial charge in [0.25, 0.3) is 0 Å². The quantitative estimate of drug-likeness (QED) is 0.356. The van der Waals surface area contributed by atoms with Crippen molar-refractivity contribution in [3.8, 4) is 0 Å². The zero-order chi connectivity index (χ0) is 14.0. The van der Waals surface area contributed by atoms with E-state index in [9.17, 15) is 0 Å². The summed E-state index contributed by atoms with van der Waals surface area (Å²) in [5.74, 6) is 0. The van der Waals surface area contributed by atoms with Gasteiger partial charge in [-0.3, -0.25) is 0 Å². The van der Waals surface area contributed by atoms with Crippen LogP contribution in [-0.2, 0) is 0 Å². The number of para-hydroxylation sites is 2. The molecule has 2 aromatic heterocycles. The Hall–Kier alpha value is -2.74. The lowest BCUT2D eigenvalue weighted by Crippen LogP contribution is -1.71. The lowest BCUT2D eigenvalue weighted by molar-refractivity contribution is 0.661. The first-order valence-corrected chi connectivity index (χ1v) is 7.05. The van der Waals surface area contributed by atoms with Crippen molar-refractivity contribution in [1.29, 1.82) is 0 Å². The minimum atomic E-state index is 0.875. The number of rotatable bonds is 0. The van der Waals surface area contributed by atoms with Crippen LogP contribution < -0.4 is 0 Å². The van der Waals surface area contributed by atoms with Crippen LogP contribution in [0.25, 0.3) is 43.9 Å². The van der Waals surface area contributed by atoms with Gasteiger partial charge in [-0.25, -0.2) is 0 Å². The lowest BCUT2D eigenvalue weighted by atomic mass is 10.1. The van der Waals surface area contributed by atoms with E-state index in [4.69, 9.17) is 8.83 Å². The molecule has 0 fully saturated rings. The number of furan rings is 2. The average Bonchev–Trinajstić information content (AvgIpc) is 3.05. The molecule has 0 bridgehead atoms. The van der Waals surface area contributed by atoms with E-state index in [2.05, 4.69) is 37.3 Å². The molecular formula is C19H12O2. The summed E-state index contributed by atoms with van der Waals surface area (Å²) in [5, 5.41) is 4.48. The molecule has 0 aliphatic carbocycles. The van der Waals surface area contributed by atoms with E-state index in [1.807, 2.05) is 24.3 Å². The predicted molar refractivity (Wildman–Crippen MR) is 85.7 cm³/mol. The highest BCUT2D eigenvalue weighted by molar-refractivity contribution is 6.22. The number of fused-ring (bicyclic) bond motifs is 7. The Morgan fingerprint density at radius 1 is 0.619 bits per heavy atom. The Morgan fingerprint density at radius 2 is 1.43 bits per heavy atom. The number of aryl methyl sites for hydroxylation is 1. The van der Waals surface area contributed by atoms with Crippen LogP contribution >= 0.6 is 0 Å². The Morgan fingerprint density at radius 3 is 2.38 bits per heavy atom. The highest BCUT2D eigenvalue weighted by Gasteiger charge is 2.15. The summed E-state index contributed by atoms with van der Waals surface area (Å²) in [5.41, 5.74) is 4.81. The molecular weight excluding hydrogens is 260 g/mol. The van der Waals surface area contributed by atoms with E-state index in [1.165, 1.54) is 0 Å². The standard InChI is InChI=1S/C19H12O2/c1-11-5-4-7-12-13-9-10-16-17(19(13)21-18(11)12)14-6-2-3-8-15(14)20-16/h2-10H,1H3. The van der Waals surface area contributed by atoms with Crippen molar-refractivity contribution in [2.45, 2.75) is 6.92 Å². The van der Waals surface area contributed by atoms with E-state index >= 15 is 0 Å². The van der Waals surface area contributed by atoms with Gasteiger partial charge in [-0.2, -0.15) is 0 Å². The van der Waals surface area contributed by atoms with Crippen molar-refractivity contribution in [2.24, 2.45) is 0 Å². The van der Waals surface area contributed by atoms with Crippen LogP contribution in [0.5, 0.6) is 0 Å². The second kappa shape index (κ2) is 3.67. The summed E-state index contributed by atoms with van der Waals surface area (Å²) in [6.45, 7) is 2.08. The molecule has 0 atom stereocenters. The first kappa shape index (κ1) is 11.0. The number of hydrogen-bond donors (Lipinski definition) is 0. The highest BCUT2D eigenvalue weighted by atomic mass is 16.3. The summed E-state index contributed by atoms with van der Waals surface area (Å²) in [6.07, 6.45) is 0. The molecule has 21 heavy (non-hydrogen) atoms.